The normalized spacial score (nSPS) is 20.4. The molecule has 0 fully saturated rings. The number of anilines is 2. The van der Waals surface area contributed by atoms with Crippen molar-refractivity contribution in [1.29, 1.82) is 0 Å². The van der Waals surface area contributed by atoms with Crippen LogP contribution < -0.4 is 15.4 Å². The average molecular weight is 453 g/mol. The van der Waals surface area contributed by atoms with Gasteiger partial charge in [-0.15, -0.1) is 0 Å². The minimum absolute atomic E-state index is 0.0961. The van der Waals surface area contributed by atoms with Crippen molar-refractivity contribution < 1.29 is 9.53 Å². The van der Waals surface area contributed by atoms with Crippen LogP contribution in [0.4, 0.5) is 11.4 Å². The second-order valence-corrected chi connectivity index (χ2v) is 9.45. The number of para-hydroxylation sites is 3. The third kappa shape index (κ3) is 4.33. The van der Waals surface area contributed by atoms with E-state index in [-0.39, 0.29) is 23.8 Å². The predicted octanol–water partition coefficient (Wildman–Crippen LogP) is 7.15. The first kappa shape index (κ1) is 22.3. The monoisotopic (exact) mass is 452 g/mol. The Hall–Kier alpha value is -3.53. The molecule has 3 aromatic carbocycles. The van der Waals surface area contributed by atoms with Crippen LogP contribution in [0.5, 0.6) is 5.75 Å². The third-order valence-electron chi connectivity index (χ3n) is 6.99. The number of ether oxygens (including phenoxy) is 1. The smallest absolute Gasteiger partial charge is 0.163 e. The van der Waals surface area contributed by atoms with E-state index in [1.165, 1.54) is 11.1 Å². The lowest BCUT2D eigenvalue weighted by molar-refractivity contribution is -0.116. The van der Waals surface area contributed by atoms with Gasteiger partial charge in [-0.3, -0.25) is 4.79 Å². The molecular formula is C30H32N2O2. The standard InChI is InChI=1S/C30H32N2O2/c1-4-20(3)34-28-12-8-5-9-23(28)30-29-26(31-24-10-6-7-11-25(24)32-30)17-22(18-27(29)33)21-15-13-19(2)14-16-21/h5-16,20,22,30-32H,4,17-18H2,1-3H3. The first-order valence-corrected chi connectivity index (χ1v) is 12.2. The van der Waals surface area contributed by atoms with Crippen LogP contribution in [0.25, 0.3) is 0 Å². The van der Waals surface area contributed by atoms with Gasteiger partial charge in [-0.05, 0) is 56.4 Å². The molecule has 1 aliphatic heterocycles. The summed E-state index contributed by atoms with van der Waals surface area (Å²) in [6, 6.07) is 24.6. The number of hydrogen-bond donors (Lipinski definition) is 2. The van der Waals surface area contributed by atoms with E-state index in [0.29, 0.717) is 6.42 Å². The lowest BCUT2D eigenvalue weighted by Gasteiger charge is -2.31. The van der Waals surface area contributed by atoms with Crippen LogP contribution in [-0.4, -0.2) is 11.9 Å². The van der Waals surface area contributed by atoms with Gasteiger partial charge in [0, 0.05) is 23.3 Å². The van der Waals surface area contributed by atoms with Gasteiger partial charge >= 0.3 is 0 Å². The number of rotatable bonds is 5. The van der Waals surface area contributed by atoms with Gasteiger partial charge in [-0.1, -0.05) is 67.1 Å². The fourth-order valence-corrected chi connectivity index (χ4v) is 4.93. The molecule has 0 saturated carbocycles. The van der Waals surface area contributed by atoms with Gasteiger partial charge in [0.1, 0.15) is 5.75 Å². The molecule has 2 aliphatic rings. The first-order chi connectivity index (χ1) is 16.5. The zero-order valence-corrected chi connectivity index (χ0v) is 20.1. The van der Waals surface area contributed by atoms with Gasteiger partial charge in [0.15, 0.2) is 5.78 Å². The first-order valence-electron chi connectivity index (χ1n) is 12.2. The summed E-state index contributed by atoms with van der Waals surface area (Å²) in [5.41, 5.74) is 7.25. The Morgan fingerprint density at radius 1 is 0.941 bits per heavy atom. The third-order valence-corrected chi connectivity index (χ3v) is 6.99. The maximum absolute atomic E-state index is 13.8. The Morgan fingerprint density at radius 3 is 2.41 bits per heavy atom. The Morgan fingerprint density at radius 2 is 1.65 bits per heavy atom. The molecule has 1 aliphatic carbocycles. The Kier molecular flexibility index (Phi) is 6.14. The summed E-state index contributed by atoms with van der Waals surface area (Å²) >= 11 is 0. The van der Waals surface area contributed by atoms with Crippen molar-refractivity contribution in [3.63, 3.8) is 0 Å². The number of benzene rings is 3. The quantitative estimate of drug-likeness (QED) is 0.431. The number of hydrogen-bond acceptors (Lipinski definition) is 4. The molecule has 5 rings (SSSR count). The zero-order chi connectivity index (χ0) is 23.7. The van der Waals surface area contributed by atoms with Gasteiger partial charge in [0.25, 0.3) is 0 Å². The molecule has 0 spiro atoms. The van der Waals surface area contributed by atoms with Gasteiger partial charge in [0.05, 0.1) is 23.5 Å². The maximum Gasteiger partial charge on any atom is 0.163 e. The van der Waals surface area contributed by atoms with Crippen molar-refractivity contribution in [2.75, 3.05) is 10.6 Å². The number of carbonyl (C=O) groups excluding carboxylic acids is 1. The zero-order valence-electron chi connectivity index (χ0n) is 20.1. The maximum atomic E-state index is 13.8. The molecule has 0 saturated heterocycles. The fourth-order valence-electron chi connectivity index (χ4n) is 4.93. The van der Waals surface area contributed by atoms with Crippen molar-refractivity contribution in [2.24, 2.45) is 0 Å². The summed E-state index contributed by atoms with van der Waals surface area (Å²) in [6.45, 7) is 6.29. The molecule has 3 aromatic rings. The van der Waals surface area contributed by atoms with Gasteiger partial charge < -0.3 is 15.4 Å². The molecule has 174 valence electrons. The van der Waals surface area contributed by atoms with Crippen molar-refractivity contribution in [2.45, 2.75) is 58.1 Å². The van der Waals surface area contributed by atoms with E-state index in [9.17, 15) is 4.79 Å². The van der Waals surface area contributed by atoms with Crippen LogP contribution in [-0.2, 0) is 4.79 Å². The second-order valence-electron chi connectivity index (χ2n) is 9.45. The number of nitrogens with one attached hydrogen (secondary N) is 2. The molecule has 0 amide bonds. The molecule has 3 unspecified atom stereocenters. The number of fused-ring (bicyclic) bond motifs is 1. The summed E-state index contributed by atoms with van der Waals surface area (Å²) in [7, 11) is 0. The highest BCUT2D eigenvalue weighted by Crippen LogP contribution is 2.45. The van der Waals surface area contributed by atoms with Crippen molar-refractivity contribution in [3.8, 4) is 5.75 Å². The van der Waals surface area contributed by atoms with Crippen molar-refractivity contribution in [1.82, 2.24) is 0 Å². The van der Waals surface area contributed by atoms with E-state index in [1.54, 1.807) is 0 Å². The molecule has 4 nitrogen and oxygen atoms in total. The summed E-state index contributed by atoms with van der Waals surface area (Å²) in [5.74, 6) is 1.17. The van der Waals surface area contributed by atoms with E-state index < -0.39 is 0 Å². The van der Waals surface area contributed by atoms with Crippen LogP contribution in [0.3, 0.4) is 0 Å². The summed E-state index contributed by atoms with van der Waals surface area (Å²) in [5, 5.41) is 7.31. The van der Waals surface area contributed by atoms with E-state index in [2.05, 4.69) is 73.9 Å². The Balaban J connectivity index is 1.60. The van der Waals surface area contributed by atoms with Crippen LogP contribution >= 0.6 is 0 Å². The number of allylic oxidation sites excluding steroid dienone is 1. The lowest BCUT2D eigenvalue weighted by Crippen LogP contribution is -2.27. The van der Waals surface area contributed by atoms with E-state index in [0.717, 1.165) is 46.8 Å². The molecular weight excluding hydrogens is 420 g/mol. The number of ketones is 1. The Bertz CT molecular complexity index is 1230. The van der Waals surface area contributed by atoms with Crippen LogP contribution in [0.2, 0.25) is 0 Å². The lowest BCUT2D eigenvalue weighted by atomic mass is 9.78. The largest absolute Gasteiger partial charge is 0.490 e. The average Bonchev–Trinajstić information content (AvgIpc) is 3.01. The summed E-state index contributed by atoms with van der Waals surface area (Å²) in [6.07, 6.45) is 2.32. The second kappa shape index (κ2) is 9.38. The molecule has 34 heavy (non-hydrogen) atoms. The number of aryl methyl sites for hydroxylation is 1. The molecule has 2 N–H and O–H groups in total. The van der Waals surface area contributed by atoms with Gasteiger partial charge in [0.2, 0.25) is 0 Å². The molecule has 0 aromatic heterocycles. The summed E-state index contributed by atoms with van der Waals surface area (Å²) in [4.78, 5) is 13.8. The van der Waals surface area contributed by atoms with E-state index in [1.807, 2.05) is 30.3 Å². The van der Waals surface area contributed by atoms with Crippen LogP contribution in [0, 0.1) is 6.92 Å². The molecule has 3 atom stereocenters. The van der Waals surface area contributed by atoms with Crippen molar-refractivity contribution in [3.05, 3.63) is 101 Å². The minimum atomic E-state index is -0.280. The number of Topliss-reactive ketones (excluding diaryl/α,β-unsaturated/α-hetero) is 1. The molecule has 4 heteroatoms. The molecule has 1 heterocycles. The van der Waals surface area contributed by atoms with Crippen LogP contribution in [0.1, 0.15) is 61.8 Å². The van der Waals surface area contributed by atoms with Gasteiger partial charge in [-0.2, -0.15) is 0 Å². The highest BCUT2D eigenvalue weighted by molar-refractivity contribution is 6.01. The topological polar surface area (TPSA) is 50.4 Å². The fraction of sp³-hybridized carbons (Fsp3) is 0.300. The van der Waals surface area contributed by atoms with E-state index >= 15 is 0 Å². The van der Waals surface area contributed by atoms with Crippen molar-refractivity contribution >= 4 is 17.2 Å². The number of carbonyl (C=O) groups is 1. The molecule has 0 radical (unpaired) electrons. The highest BCUT2D eigenvalue weighted by atomic mass is 16.5. The highest BCUT2D eigenvalue weighted by Gasteiger charge is 2.37. The Labute approximate surface area is 202 Å². The van der Waals surface area contributed by atoms with E-state index in [4.69, 9.17) is 4.74 Å². The SMILES string of the molecule is CCC(C)Oc1ccccc1C1Nc2ccccc2NC2=C1C(=O)CC(c1ccc(C)cc1)C2. The predicted molar refractivity (Wildman–Crippen MR) is 138 cm³/mol. The molecule has 0 bridgehead atoms. The summed E-state index contributed by atoms with van der Waals surface area (Å²) < 4.78 is 6.30. The van der Waals surface area contributed by atoms with Crippen LogP contribution in [0.15, 0.2) is 84.1 Å². The van der Waals surface area contributed by atoms with Gasteiger partial charge in [-0.25, -0.2) is 0 Å². The minimum Gasteiger partial charge on any atom is -0.490 e.